The van der Waals surface area contributed by atoms with Crippen molar-refractivity contribution in [1.82, 2.24) is 5.43 Å². The number of rotatable bonds is 3. The van der Waals surface area contributed by atoms with E-state index < -0.39 is 45.6 Å². The molecule has 3 N–H and O–H groups in total. The van der Waals surface area contributed by atoms with Gasteiger partial charge in [0.1, 0.15) is 0 Å². The molecule has 12 heteroatoms. The van der Waals surface area contributed by atoms with E-state index in [9.17, 15) is 32.1 Å². The molecule has 20 heavy (non-hydrogen) atoms. The Morgan fingerprint density at radius 2 is 1.55 bits per heavy atom. The lowest BCUT2D eigenvalue weighted by molar-refractivity contribution is -0.525. The molecule has 7 nitrogen and oxygen atoms in total. The van der Waals surface area contributed by atoms with Gasteiger partial charge in [-0.15, -0.1) is 5.10 Å². The number of guanidine groups is 1. The van der Waals surface area contributed by atoms with E-state index in [0.717, 1.165) is 0 Å². The predicted molar refractivity (Wildman–Crippen MR) is 55.6 cm³/mol. The number of hydrogen-bond donors (Lipinski definition) is 2. The van der Waals surface area contributed by atoms with Crippen molar-refractivity contribution in [3.05, 3.63) is 44.8 Å². The molecule has 0 aliphatic carbocycles. The van der Waals surface area contributed by atoms with E-state index in [-0.39, 0.29) is 6.21 Å². The molecule has 0 atom stereocenters. The van der Waals surface area contributed by atoms with Crippen molar-refractivity contribution < 1.29 is 27.0 Å². The zero-order chi connectivity index (χ0) is 15.4. The van der Waals surface area contributed by atoms with E-state index in [4.69, 9.17) is 5.73 Å². The minimum atomic E-state index is -2.32. The Morgan fingerprint density at radius 3 is 2.00 bits per heavy atom. The van der Waals surface area contributed by atoms with Crippen LogP contribution in [-0.4, -0.2) is 17.2 Å². The second kappa shape index (κ2) is 5.90. The summed E-state index contributed by atoms with van der Waals surface area (Å²) in [7, 11) is 0. The average Bonchev–Trinajstić information content (AvgIpc) is 2.37. The zero-order valence-corrected chi connectivity index (χ0v) is 9.20. The molecule has 0 unspecified atom stereocenters. The van der Waals surface area contributed by atoms with Crippen LogP contribution in [0, 0.1) is 39.2 Å². The minimum Gasteiger partial charge on any atom is -0.364 e. The number of halogens is 5. The fraction of sp³-hybridized carbons (Fsp3) is 0. The highest BCUT2D eigenvalue weighted by Gasteiger charge is 2.24. The van der Waals surface area contributed by atoms with Gasteiger partial charge in [-0.1, -0.05) is 5.43 Å². The Labute approximate surface area is 106 Å². The highest BCUT2D eigenvalue weighted by Crippen LogP contribution is 2.21. The molecule has 0 heterocycles. The Bertz CT molecular complexity index is 589. The van der Waals surface area contributed by atoms with Crippen molar-refractivity contribution in [3.8, 4) is 0 Å². The monoisotopic (exact) mass is 297 g/mol. The van der Waals surface area contributed by atoms with E-state index >= 15 is 0 Å². The van der Waals surface area contributed by atoms with Crippen LogP contribution < -0.4 is 11.2 Å². The minimum absolute atomic E-state index is 0.171. The molecule has 0 fully saturated rings. The number of nitrogens with one attached hydrogen (secondary N) is 1. The van der Waals surface area contributed by atoms with Gasteiger partial charge in [0.15, 0.2) is 28.3 Å². The number of nitro groups is 1. The normalized spacial score (nSPS) is 11.9. The van der Waals surface area contributed by atoms with Crippen LogP contribution in [0.3, 0.4) is 0 Å². The predicted octanol–water partition coefficient (Wildman–Crippen LogP) is 0.812. The summed E-state index contributed by atoms with van der Waals surface area (Å²) in [5, 5.41) is 14.5. The molecule has 0 radical (unpaired) electrons. The first-order chi connectivity index (χ1) is 9.25. The van der Waals surface area contributed by atoms with Crippen molar-refractivity contribution in [2.75, 3.05) is 0 Å². The molecule has 0 saturated heterocycles. The molecule has 0 spiro atoms. The lowest BCUT2D eigenvalue weighted by atomic mass is 10.2. The van der Waals surface area contributed by atoms with Gasteiger partial charge in [-0.05, 0) is 0 Å². The fourth-order valence-corrected chi connectivity index (χ4v) is 1.000. The van der Waals surface area contributed by atoms with Crippen LogP contribution in [0.2, 0.25) is 0 Å². The quantitative estimate of drug-likeness (QED) is 0.164. The summed E-state index contributed by atoms with van der Waals surface area (Å²) in [6.45, 7) is 0. The van der Waals surface area contributed by atoms with Crippen LogP contribution in [-0.2, 0) is 0 Å². The van der Waals surface area contributed by atoms with Crippen LogP contribution >= 0.6 is 0 Å². The second-order valence-corrected chi connectivity index (χ2v) is 3.08. The van der Waals surface area contributed by atoms with E-state index in [2.05, 4.69) is 10.2 Å². The highest BCUT2D eigenvalue weighted by atomic mass is 19.2. The zero-order valence-electron chi connectivity index (χ0n) is 9.20. The first kappa shape index (κ1) is 15.3. The van der Waals surface area contributed by atoms with Crippen LogP contribution in [0.15, 0.2) is 10.2 Å². The summed E-state index contributed by atoms with van der Waals surface area (Å²) in [4.78, 5) is 9.90. The van der Waals surface area contributed by atoms with Crippen LogP contribution in [0.5, 0.6) is 0 Å². The Hall–Kier alpha value is -2.79. The summed E-state index contributed by atoms with van der Waals surface area (Å²) in [6.07, 6.45) is 0.171. The number of nitrogens with zero attached hydrogens (tertiary/aromatic N) is 3. The largest absolute Gasteiger partial charge is 0.364 e. The van der Waals surface area contributed by atoms with Gasteiger partial charge >= 0.3 is 0 Å². The maximum atomic E-state index is 13.1. The molecule has 1 aromatic rings. The first-order valence-electron chi connectivity index (χ1n) is 4.54. The molecular formula is C8H4F5N5O2. The summed E-state index contributed by atoms with van der Waals surface area (Å²) < 4.78 is 64.5. The standard InChI is InChI=1S/C8H4F5N5O2/c9-3-2(1-15-16-8(14)17-18(19)20)4(10)6(12)7(13)5(3)11/h1H,(H3,14,16,17)/b15-1+. The number of nitrogens with two attached hydrogens (primary N) is 1. The van der Waals surface area contributed by atoms with Crippen molar-refractivity contribution in [2.45, 2.75) is 0 Å². The van der Waals surface area contributed by atoms with Gasteiger partial charge in [-0.3, -0.25) is 0 Å². The SMILES string of the molecule is N/C(=N\N=C\c1c(F)c(F)c(F)c(F)c1F)N[N+](=O)[O-]. The molecular weight excluding hydrogens is 293 g/mol. The van der Waals surface area contributed by atoms with Gasteiger partial charge in [-0.2, -0.15) is 5.10 Å². The molecule has 0 aromatic heterocycles. The van der Waals surface area contributed by atoms with Gasteiger partial charge in [0.25, 0.3) is 5.96 Å². The Morgan fingerprint density at radius 1 is 1.10 bits per heavy atom. The third-order valence-electron chi connectivity index (χ3n) is 1.80. The van der Waals surface area contributed by atoms with Gasteiger partial charge in [0.05, 0.1) is 11.8 Å². The van der Waals surface area contributed by atoms with Crippen molar-refractivity contribution in [1.29, 1.82) is 0 Å². The molecule has 1 aromatic carbocycles. The molecule has 0 bridgehead atoms. The molecule has 1 rings (SSSR count). The first-order valence-corrected chi connectivity index (χ1v) is 4.54. The fourth-order valence-electron chi connectivity index (χ4n) is 1.000. The number of hydrazine groups is 1. The second-order valence-electron chi connectivity index (χ2n) is 3.08. The van der Waals surface area contributed by atoms with Gasteiger partial charge in [0.2, 0.25) is 5.82 Å². The van der Waals surface area contributed by atoms with Crippen LogP contribution in [0.25, 0.3) is 0 Å². The van der Waals surface area contributed by atoms with E-state index in [1.165, 1.54) is 5.43 Å². The summed E-state index contributed by atoms with van der Waals surface area (Å²) in [5.74, 6) is -11.8. The number of hydrogen-bond acceptors (Lipinski definition) is 4. The van der Waals surface area contributed by atoms with Crippen molar-refractivity contribution in [3.63, 3.8) is 0 Å². The molecule has 0 amide bonds. The number of benzene rings is 1. The Balaban J connectivity index is 3.14. The lowest BCUT2D eigenvalue weighted by Crippen LogP contribution is -2.35. The van der Waals surface area contributed by atoms with Crippen molar-refractivity contribution >= 4 is 12.2 Å². The van der Waals surface area contributed by atoms with Gasteiger partial charge < -0.3 is 5.73 Å². The van der Waals surface area contributed by atoms with Gasteiger partial charge in [0, 0.05) is 0 Å². The molecule has 0 saturated carbocycles. The smallest absolute Gasteiger partial charge is 0.275 e. The maximum absolute atomic E-state index is 13.1. The van der Waals surface area contributed by atoms with Crippen LogP contribution in [0.1, 0.15) is 5.56 Å². The summed E-state index contributed by atoms with van der Waals surface area (Å²) in [6, 6.07) is 0. The highest BCUT2D eigenvalue weighted by molar-refractivity contribution is 5.82. The molecule has 108 valence electrons. The van der Waals surface area contributed by atoms with E-state index in [0.29, 0.717) is 0 Å². The summed E-state index contributed by atoms with van der Waals surface area (Å²) >= 11 is 0. The maximum Gasteiger partial charge on any atom is 0.275 e. The average molecular weight is 297 g/mol. The third-order valence-corrected chi connectivity index (χ3v) is 1.80. The molecule has 0 aliphatic rings. The topological polar surface area (TPSA) is 106 Å². The van der Waals surface area contributed by atoms with Crippen molar-refractivity contribution in [2.24, 2.45) is 15.9 Å². The third kappa shape index (κ3) is 3.15. The van der Waals surface area contributed by atoms with E-state index in [1.807, 2.05) is 0 Å². The van der Waals surface area contributed by atoms with Gasteiger partial charge in [-0.25, -0.2) is 32.1 Å². The lowest BCUT2D eigenvalue weighted by Gasteiger charge is -2.02. The Kier molecular flexibility index (Phi) is 4.50. The van der Waals surface area contributed by atoms with E-state index in [1.54, 1.807) is 0 Å². The van der Waals surface area contributed by atoms with Crippen LogP contribution in [0.4, 0.5) is 22.0 Å². The molecule has 0 aliphatic heterocycles. The summed E-state index contributed by atoms with van der Waals surface area (Å²) in [5.41, 5.74) is 4.86.